The first-order chi connectivity index (χ1) is 14.6. The number of nitrogens with zero attached hydrogens (tertiary/aromatic N) is 5. The molecule has 0 spiro atoms. The zero-order valence-electron chi connectivity index (χ0n) is 17.4. The summed E-state index contributed by atoms with van der Waals surface area (Å²) >= 11 is 0. The summed E-state index contributed by atoms with van der Waals surface area (Å²) in [7, 11) is 5.03. The second-order valence-corrected chi connectivity index (χ2v) is 7.29. The van der Waals surface area contributed by atoms with Gasteiger partial charge in [0.2, 0.25) is 0 Å². The Morgan fingerprint density at radius 3 is 2.77 bits per heavy atom. The molecule has 1 aliphatic carbocycles. The molecule has 1 aromatic carbocycles. The van der Waals surface area contributed by atoms with Gasteiger partial charge in [0.1, 0.15) is 5.75 Å². The van der Waals surface area contributed by atoms with E-state index in [-0.39, 0.29) is 5.91 Å². The van der Waals surface area contributed by atoms with Gasteiger partial charge in [0.25, 0.3) is 11.9 Å². The minimum Gasteiger partial charge on any atom is -0.496 e. The fraction of sp³-hybridized carbons (Fsp3) is 0.364. The minimum absolute atomic E-state index is 0.0684. The van der Waals surface area contributed by atoms with Crippen molar-refractivity contribution >= 4 is 5.91 Å². The maximum absolute atomic E-state index is 13.0. The monoisotopic (exact) mass is 407 g/mol. The first-order valence-corrected chi connectivity index (χ1v) is 9.93. The number of carbonyl (C=O) groups is 1. The molecule has 0 unspecified atom stereocenters. The quantitative estimate of drug-likeness (QED) is 0.571. The van der Waals surface area contributed by atoms with Gasteiger partial charge in [-0.1, -0.05) is 12.1 Å². The van der Waals surface area contributed by atoms with Crippen molar-refractivity contribution in [1.82, 2.24) is 24.6 Å². The van der Waals surface area contributed by atoms with Gasteiger partial charge in [-0.2, -0.15) is 5.10 Å². The van der Waals surface area contributed by atoms with E-state index in [0.717, 1.165) is 35.5 Å². The molecule has 1 amide bonds. The molecule has 1 saturated carbocycles. The molecule has 2 heterocycles. The molecule has 8 nitrogen and oxygen atoms in total. The number of hydrogen-bond donors (Lipinski definition) is 0. The largest absolute Gasteiger partial charge is 0.496 e. The lowest BCUT2D eigenvalue weighted by molar-refractivity contribution is 0.0743. The third-order valence-electron chi connectivity index (χ3n) is 5.19. The third kappa shape index (κ3) is 3.91. The number of hydrogen-bond acceptors (Lipinski definition) is 6. The summed E-state index contributed by atoms with van der Waals surface area (Å²) in [6.45, 7) is 1.00. The number of ether oxygens (including phenoxy) is 2. The van der Waals surface area contributed by atoms with Crippen LogP contribution in [-0.2, 0) is 4.74 Å². The van der Waals surface area contributed by atoms with E-state index in [2.05, 4.69) is 10.1 Å². The smallest absolute Gasteiger partial charge is 0.257 e. The molecule has 0 atom stereocenters. The Kier molecular flexibility index (Phi) is 5.76. The van der Waals surface area contributed by atoms with Crippen LogP contribution in [0.5, 0.6) is 5.75 Å². The van der Waals surface area contributed by atoms with Gasteiger partial charge in [0.15, 0.2) is 0 Å². The molecule has 30 heavy (non-hydrogen) atoms. The molecule has 0 aliphatic heterocycles. The van der Waals surface area contributed by atoms with Crippen molar-refractivity contribution in [3.63, 3.8) is 0 Å². The van der Waals surface area contributed by atoms with E-state index >= 15 is 0 Å². The molecular weight excluding hydrogens is 382 g/mol. The molecule has 0 saturated heterocycles. The molecule has 3 aromatic rings. The molecule has 0 N–H and O–H groups in total. The lowest BCUT2D eigenvalue weighted by Gasteiger charge is -2.17. The third-order valence-corrected chi connectivity index (χ3v) is 5.19. The highest BCUT2D eigenvalue weighted by atomic mass is 16.5. The van der Waals surface area contributed by atoms with Crippen LogP contribution in [0, 0.1) is 0 Å². The van der Waals surface area contributed by atoms with Crippen LogP contribution in [0.4, 0.5) is 0 Å². The number of amides is 1. The molecule has 1 fully saturated rings. The molecule has 0 radical (unpaired) electrons. The summed E-state index contributed by atoms with van der Waals surface area (Å²) < 4.78 is 12.3. The Bertz CT molecular complexity index is 1040. The number of carbonyl (C=O) groups excluding carboxylic acids is 1. The van der Waals surface area contributed by atoms with Crippen LogP contribution < -0.4 is 4.74 Å². The maximum Gasteiger partial charge on any atom is 0.257 e. The van der Waals surface area contributed by atoms with E-state index in [9.17, 15) is 4.79 Å². The fourth-order valence-corrected chi connectivity index (χ4v) is 3.42. The van der Waals surface area contributed by atoms with Crippen molar-refractivity contribution in [1.29, 1.82) is 0 Å². The number of likely N-dealkylation sites (N-methyl/N-ethyl adjacent to an activating group) is 1. The Balaban J connectivity index is 1.72. The molecule has 0 bridgehead atoms. The Hall–Kier alpha value is -3.26. The zero-order valence-corrected chi connectivity index (χ0v) is 17.4. The van der Waals surface area contributed by atoms with Gasteiger partial charge in [0, 0.05) is 38.4 Å². The number of benzene rings is 1. The van der Waals surface area contributed by atoms with Crippen molar-refractivity contribution in [2.24, 2.45) is 0 Å². The normalized spacial score (nSPS) is 13.3. The predicted octanol–water partition coefficient (Wildman–Crippen LogP) is 2.93. The van der Waals surface area contributed by atoms with E-state index in [1.165, 1.54) is 0 Å². The summed E-state index contributed by atoms with van der Waals surface area (Å²) in [5, 5.41) is 4.49. The molecule has 8 heteroatoms. The van der Waals surface area contributed by atoms with E-state index in [1.54, 1.807) is 43.2 Å². The van der Waals surface area contributed by atoms with Gasteiger partial charge in [-0.3, -0.25) is 4.79 Å². The topological polar surface area (TPSA) is 82.4 Å². The summed E-state index contributed by atoms with van der Waals surface area (Å²) in [4.78, 5) is 23.8. The maximum atomic E-state index is 13.0. The summed E-state index contributed by atoms with van der Waals surface area (Å²) in [5.41, 5.74) is 3.09. The van der Waals surface area contributed by atoms with Crippen LogP contribution in [0.25, 0.3) is 17.2 Å². The molecule has 4 rings (SSSR count). The van der Waals surface area contributed by atoms with E-state index in [1.807, 2.05) is 30.3 Å². The predicted molar refractivity (Wildman–Crippen MR) is 112 cm³/mol. The van der Waals surface area contributed by atoms with Gasteiger partial charge in [-0.25, -0.2) is 14.6 Å². The van der Waals surface area contributed by atoms with E-state index in [4.69, 9.17) is 14.5 Å². The lowest BCUT2D eigenvalue weighted by Crippen LogP contribution is -2.30. The van der Waals surface area contributed by atoms with Crippen LogP contribution in [0.1, 0.15) is 34.8 Å². The van der Waals surface area contributed by atoms with Crippen LogP contribution in [0.3, 0.4) is 0 Å². The number of methoxy groups -OCH3 is 2. The van der Waals surface area contributed by atoms with Crippen molar-refractivity contribution in [3.05, 3.63) is 54.0 Å². The van der Waals surface area contributed by atoms with Crippen molar-refractivity contribution in [3.8, 4) is 23.0 Å². The van der Waals surface area contributed by atoms with Crippen LogP contribution in [0.15, 0.2) is 42.7 Å². The highest BCUT2D eigenvalue weighted by Crippen LogP contribution is 2.42. The van der Waals surface area contributed by atoms with Gasteiger partial charge >= 0.3 is 0 Å². The van der Waals surface area contributed by atoms with Crippen LogP contribution in [0.2, 0.25) is 0 Å². The van der Waals surface area contributed by atoms with Crippen LogP contribution in [-0.4, -0.2) is 65.0 Å². The Morgan fingerprint density at radius 1 is 1.23 bits per heavy atom. The van der Waals surface area contributed by atoms with Gasteiger partial charge in [0.05, 0.1) is 36.9 Å². The van der Waals surface area contributed by atoms with Gasteiger partial charge in [-0.05, 0) is 31.0 Å². The number of para-hydroxylation sites is 1. The van der Waals surface area contributed by atoms with Crippen molar-refractivity contribution < 1.29 is 14.3 Å². The second kappa shape index (κ2) is 8.62. The van der Waals surface area contributed by atoms with Gasteiger partial charge in [-0.15, -0.1) is 0 Å². The average molecular weight is 407 g/mol. The van der Waals surface area contributed by atoms with E-state index in [0.29, 0.717) is 30.6 Å². The Labute approximate surface area is 175 Å². The summed E-state index contributed by atoms with van der Waals surface area (Å²) in [5.74, 6) is 1.40. The summed E-state index contributed by atoms with van der Waals surface area (Å²) in [6, 6.07) is 9.55. The Morgan fingerprint density at radius 2 is 2.03 bits per heavy atom. The molecule has 2 aromatic heterocycles. The van der Waals surface area contributed by atoms with Crippen LogP contribution >= 0.6 is 0 Å². The highest BCUT2D eigenvalue weighted by molar-refractivity contribution is 5.95. The average Bonchev–Trinajstić information content (AvgIpc) is 3.54. The zero-order chi connectivity index (χ0) is 21.1. The highest BCUT2D eigenvalue weighted by Gasteiger charge is 2.34. The first-order valence-electron chi connectivity index (χ1n) is 9.93. The lowest BCUT2D eigenvalue weighted by atomic mass is 10.1. The van der Waals surface area contributed by atoms with Crippen molar-refractivity contribution in [2.45, 2.75) is 18.8 Å². The summed E-state index contributed by atoms with van der Waals surface area (Å²) in [6.07, 6.45) is 5.38. The van der Waals surface area contributed by atoms with E-state index < -0.39 is 0 Å². The molecule has 156 valence electrons. The fourth-order valence-electron chi connectivity index (χ4n) is 3.42. The molecule has 1 aliphatic rings. The first kappa shape index (κ1) is 20.0. The number of rotatable bonds is 8. The van der Waals surface area contributed by atoms with Crippen molar-refractivity contribution in [2.75, 3.05) is 34.4 Å². The SMILES string of the molecule is COCCN(C)C(=O)c1cnn(-c2nccc(-c3ccccc3OC)n2)c1C1CC1. The van der Waals surface area contributed by atoms with Gasteiger partial charge < -0.3 is 14.4 Å². The second-order valence-electron chi connectivity index (χ2n) is 7.29. The molecular formula is C22H25N5O3. The standard InChI is InChI=1S/C22H25N5O3/c1-26(12-13-29-2)21(28)17-14-24-27(20(17)15-8-9-15)22-23-11-10-18(25-22)16-6-4-5-7-19(16)30-3/h4-7,10-11,14-15H,8-9,12-13H2,1-3H3. The minimum atomic E-state index is -0.0684. The number of aromatic nitrogens is 4.